The van der Waals surface area contributed by atoms with Gasteiger partial charge in [0.2, 0.25) is 0 Å². The lowest BCUT2D eigenvalue weighted by Gasteiger charge is -2.09. The van der Waals surface area contributed by atoms with Gasteiger partial charge in [-0.05, 0) is 25.0 Å². The summed E-state index contributed by atoms with van der Waals surface area (Å²) in [6.07, 6.45) is 2.42. The first-order valence-electron chi connectivity index (χ1n) is 4.08. The molecule has 4 heteroatoms. The summed E-state index contributed by atoms with van der Waals surface area (Å²) in [5.74, 6) is 0. The smallest absolute Gasteiger partial charge is 0.0721 e. The van der Waals surface area contributed by atoms with Crippen LogP contribution in [-0.2, 0) is 0 Å². The Labute approximate surface area is 95.5 Å². The average molecular weight is 281 g/mol. The van der Waals surface area contributed by atoms with Gasteiger partial charge in [0.25, 0.3) is 0 Å². The molecular weight excluding hydrogens is 273 g/mol. The van der Waals surface area contributed by atoms with Crippen LogP contribution >= 0.6 is 39.1 Å². The van der Waals surface area contributed by atoms with Crippen LogP contribution < -0.4 is 5.32 Å². The summed E-state index contributed by atoms with van der Waals surface area (Å²) >= 11 is 15.4. The molecule has 1 aromatic carbocycles. The minimum absolute atomic E-state index is 0.566. The normalized spacial score (nSPS) is 15.9. The summed E-state index contributed by atoms with van der Waals surface area (Å²) < 4.78 is 0.906. The molecule has 0 radical (unpaired) electrons. The molecule has 1 saturated carbocycles. The van der Waals surface area contributed by atoms with Crippen LogP contribution in [0.4, 0.5) is 5.69 Å². The Morgan fingerprint density at radius 2 is 1.77 bits per heavy atom. The monoisotopic (exact) mass is 279 g/mol. The molecule has 0 heterocycles. The Balaban J connectivity index is 2.31. The van der Waals surface area contributed by atoms with E-state index in [2.05, 4.69) is 21.2 Å². The maximum absolute atomic E-state index is 6.03. The summed E-state index contributed by atoms with van der Waals surface area (Å²) in [5.41, 5.74) is 0.856. The molecule has 0 saturated heterocycles. The predicted octanol–water partition coefficient (Wildman–Crippen LogP) is 4.33. The first-order chi connectivity index (χ1) is 6.16. The third-order valence-corrected chi connectivity index (χ3v) is 2.99. The largest absolute Gasteiger partial charge is 0.380 e. The van der Waals surface area contributed by atoms with Crippen molar-refractivity contribution >= 4 is 44.8 Å². The van der Waals surface area contributed by atoms with Crippen LogP contribution in [0.3, 0.4) is 0 Å². The summed E-state index contributed by atoms with van der Waals surface area (Å²) in [6, 6.07) is 4.26. The van der Waals surface area contributed by atoms with E-state index in [1.165, 1.54) is 12.8 Å². The number of rotatable bonds is 2. The minimum atomic E-state index is 0.566. The van der Waals surface area contributed by atoms with Crippen molar-refractivity contribution in [2.45, 2.75) is 18.9 Å². The van der Waals surface area contributed by atoms with E-state index in [9.17, 15) is 0 Å². The molecule has 0 unspecified atom stereocenters. The zero-order valence-corrected chi connectivity index (χ0v) is 9.88. The van der Waals surface area contributed by atoms with Crippen molar-refractivity contribution in [1.82, 2.24) is 0 Å². The van der Waals surface area contributed by atoms with Gasteiger partial charge in [0, 0.05) is 10.5 Å². The number of anilines is 1. The molecule has 1 aliphatic carbocycles. The third kappa shape index (κ3) is 2.30. The molecule has 1 N–H and O–H groups in total. The van der Waals surface area contributed by atoms with Crippen LogP contribution in [0.25, 0.3) is 0 Å². The summed E-state index contributed by atoms with van der Waals surface area (Å²) in [6.45, 7) is 0. The summed E-state index contributed by atoms with van der Waals surface area (Å²) in [7, 11) is 0. The standard InChI is InChI=1S/C9H8BrCl2N/c10-5-3-7(11)9(8(12)4-5)13-6-1-2-6/h3-4,6,13H,1-2H2. The van der Waals surface area contributed by atoms with Crippen LogP contribution in [0.2, 0.25) is 10.0 Å². The van der Waals surface area contributed by atoms with E-state index in [1.807, 2.05) is 12.1 Å². The highest BCUT2D eigenvalue weighted by molar-refractivity contribution is 9.10. The Bertz CT molecular complexity index is 313. The van der Waals surface area contributed by atoms with E-state index in [1.54, 1.807) is 0 Å². The SMILES string of the molecule is Clc1cc(Br)cc(Cl)c1NC1CC1. The van der Waals surface area contributed by atoms with Gasteiger partial charge >= 0.3 is 0 Å². The van der Waals surface area contributed by atoms with Gasteiger partial charge in [0.15, 0.2) is 0 Å². The van der Waals surface area contributed by atoms with E-state index in [0.29, 0.717) is 16.1 Å². The molecule has 70 valence electrons. The second-order valence-electron chi connectivity index (χ2n) is 3.16. The lowest BCUT2D eigenvalue weighted by atomic mass is 10.3. The van der Waals surface area contributed by atoms with Gasteiger partial charge in [-0.25, -0.2) is 0 Å². The molecule has 2 rings (SSSR count). The second kappa shape index (κ2) is 3.68. The molecule has 1 fully saturated rings. The van der Waals surface area contributed by atoms with Crippen LogP contribution in [0.15, 0.2) is 16.6 Å². The lowest BCUT2D eigenvalue weighted by Crippen LogP contribution is -2.01. The minimum Gasteiger partial charge on any atom is -0.380 e. The molecule has 1 nitrogen and oxygen atoms in total. The molecule has 0 amide bonds. The number of halogens is 3. The average Bonchev–Trinajstić information content (AvgIpc) is 2.79. The first-order valence-corrected chi connectivity index (χ1v) is 5.63. The molecule has 0 bridgehead atoms. The van der Waals surface area contributed by atoms with Crippen LogP contribution in [0.5, 0.6) is 0 Å². The number of hydrogen-bond donors (Lipinski definition) is 1. The highest BCUT2D eigenvalue weighted by atomic mass is 79.9. The van der Waals surface area contributed by atoms with Crippen molar-refractivity contribution in [3.8, 4) is 0 Å². The molecule has 0 aromatic heterocycles. The maximum Gasteiger partial charge on any atom is 0.0721 e. The molecule has 13 heavy (non-hydrogen) atoms. The molecule has 0 aliphatic heterocycles. The summed E-state index contributed by atoms with van der Waals surface area (Å²) in [4.78, 5) is 0. The highest BCUT2D eigenvalue weighted by Crippen LogP contribution is 2.36. The van der Waals surface area contributed by atoms with Gasteiger partial charge in [0.05, 0.1) is 15.7 Å². The van der Waals surface area contributed by atoms with Gasteiger partial charge in [-0.15, -0.1) is 0 Å². The fraction of sp³-hybridized carbons (Fsp3) is 0.333. The fourth-order valence-electron chi connectivity index (χ4n) is 1.11. The molecule has 1 aromatic rings. The van der Waals surface area contributed by atoms with Crippen LogP contribution in [0.1, 0.15) is 12.8 Å². The van der Waals surface area contributed by atoms with Gasteiger partial charge in [-0.1, -0.05) is 39.1 Å². The number of hydrogen-bond acceptors (Lipinski definition) is 1. The van der Waals surface area contributed by atoms with E-state index in [-0.39, 0.29) is 0 Å². The Hall–Kier alpha value is 0.0800. The molecular formula is C9H8BrCl2N. The Kier molecular flexibility index (Phi) is 2.72. The van der Waals surface area contributed by atoms with Crippen LogP contribution in [0, 0.1) is 0 Å². The quantitative estimate of drug-likeness (QED) is 0.850. The van der Waals surface area contributed by atoms with Gasteiger partial charge in [-0.2, -0.15) is 0 Å². The fourth-order valence-corrected chi connectivity index (χ4v) is 2.43. The van der Waals surface area contributed by atoms with Crippen LogP contribution in [-0.4, -0.2) is 6.04 Å². The lowest BCUT2D eigenvalue weighted by molar-refractivity contribution is 1.16. The maximum atomic E-state index is 6.03. The summed E-state index contributed by atoms with van der Waals surface area (Å²) in [5, 5.41) is 4.64. The van der Waals surface area contributed by atoms with Crippen molar-refractivity contribution in [3.05, 3.63) is 26.7 Å². The molecule has 1 aliphatic rings. The zero-order chi connectivity index (χ0) is 9.42. The van der Waals surface area contributed by atoms with Gasteiger partial charge in [-0.3, -0.25) is 0 Å². The Morgan fingerprint density at radius 1 is 1.23 bits per heavy atom. The topological polar surface area (TPSA) is 12.0 Å². The van der Waals surface area contributed by atoms with Crippen molar-refractivity contribution in [2.24, 2.45) is 0 Å². The van der Waals surface area contributed by atoms with Gasteiger partial charge < -0.3 is 5.32 Å². The van der Waals surface area contributed by atoms with E-state index in [4.69, 9.17) is 23.2 Å². The van der Waals surface area contributed by atoms with E-state index < -0.39 is 0 Å². The van der Waals surface area contributed by atoms with Crippen molar-refractivity contribution in [1.29, 1.82) is 0 Å². The molecule has 0 atom stereocenters. The highest BCUT2D eigenvalue weighted by Gasteiger charge is 2.22. The van der Waals surface area contributed by atoms with Crippen molar-refractivity contribution in [2.75, 3.05) is 5.32 Å². The number of benzene rings is 1. The Morgan fingerprint density at radius 3 is 2.23 bits per heavy atom. The third-order valence-electron chi connectivity index (χ3n) is 1.93. The van der Waals surface area contributed by atoms with E-state index in [0.717, 1.165) is 10.2 Å². The van der Waals surface area contributed by atoms with Gasteiger partial charge in [0.1, 0.15) is 0 Å². The zero-order valence-electron chi connectivity index (χ0n) is 6.78. The first kappa shape index (κ1) is 9.63. The second-order valence-corrected chi connectivity index (χ2v) is 4.89. The van der Waals surface area contributed by atoms with E-state index >= 15 is 0 Å². The number of nitrogens with one attached hydrogen (secondary N) is 1. The van der Waals surface area contributed by atoms with Crippen molar-refractivity contribution in [3.63, 3.8) is 0 Å². The molecule has 0 spiro atoms. The van der Waals surface area contributed by atoms with Crippen molar-refractivity contribution < 1.29 is 0 Å². The predicted molar refractivity (Wildman–Crippen MR) is 60.8 cm³/mol.